The Hall–Kier alpha value is -0.980. The van der Waals surface area contributed by atoms with E-state index in [4.69, 9.17) is 5.73 Å². The Balaban J connectivity index is 0.00000400. The fourth-order valence-corrected chi connectivity index (χ4v) is 1.75. The molecule has 0 radical (unpaired) electrons. The summed E-state index contributed by atoms with van der Waals surface area (Å²) in [5.41, 5.74) is 7.01. The molecule has 0 heterocycles. The van der Waals surface area contributed by atoms with Gasteiger partial charge in [0.15, 0.2) is 5.96 Å². The lowest BCUT2D eigenvalue weighted by molar-refractivity contribution is 0.514. The number of rotatable bonds is 7. The summed E-state index contributed by atoms with van der Waals surface area (Å²) in [5, 5.41) is 6.73. The van der Waals surface area contributed by atoms with Crippen LogP contribution < -0.4 is 16.4 Å². The van der Waals surface area contributed by atoms with E-state index >= 15 is 0 Å². The number of para-hydroxylation sites is 1. The van der Waals surface area contributed by atoms with E-state index in [1.165, 1.54) is 0 Å². The van der Waals surface area contributed by atoms with Crippen molar-refractivity contribution >= 4 is 35.6 Å². The largest absolute Gasteiger partial charge is 0.380 e. The van der Waals surface area contributed by atoms with Gasteiger partial charge in [0.25, 0.3) is 0 Å². The molecule has 120 valence electrons. The number of hydrogen-bond acceptors (Lipinski definition) is 2. The molecule has 1 aromatic rings. The maximum Gasteiger partial charge on any atom is 0.188 e. The van der Waals surface area contributed by atoms with E-state index in [1.54, 1.807) is 0 Å². The summed E-state index contributed by atoms with van der Waals surface area (Å²) in [7, 11) is 0. The lowest BCUT2D eigenvalue weighted by atomic mass is 10.0. The number of nitrogens with zero attached hydrogens (tertiary/aromatic N) is 1. The molecular weight excluding hydrogens is 375 g/mol. The van der Waals surface area contributed by atoms with Gasteiger partial charge >= 0.3 is 0 Å². The average Bonchev–Trinajstić information content (AvgIpc) is 2.42. The van der Waals surface area contributed by atoms with Crippen LogP contribution in [0.15, 0.2) is 35.3 Å². The molecule has 1 rings (SSSR count). The van der Waals surface area contributed by atoms with Crippen molar-refractivity contribution in [2.75, 3.05) is 18.4 Å². The molecule has 0 aliphatic carbocycles. The normalized spacial score (nSPS) is 13.0. The average molecular weight is 404 g/mol. The van der Waals surface area contributed by atoms with Crippen molar-refractivity contribution in [1.82, 2.24) is 5.32 Å². The summed E-state index contributed by atoms with van der Waals surface area (Å²) in [4.78, 5) is 4.32. The number of nitrogens with two attached hydrogens (primary N) is 1. The Morgan fingerprint density at radius 3 is 2.29 bits per heavy atom. The maximum absolute atomic E-state index is 5.87. The van der Waals surface area contributed by atoms with E-state index in [2.05, 4.69) is 55.5 Å². The van der Waals surface area contributed by atoms with Crippen LogP contribution in [0.5, 0.6) is 0 Å². The Kier molecular flexibility index (Phi) is 10.2. The monoisotopic (exact) mass is 404 g/mol. The number of benzene rings is 1. The van der Waals surface area contributed by atoms with Crippen molar-refractivity contribution in [3.63, 3.8) is 0 Å². The van der Waals surface area contributed by atoms with Gasteiger partial charge < -0.3 is 16.4 Å². The molecule has 0 bridgehead atoms. The second kappa shape index (κ2) is 10.7. The molecule has 0 aliphatic rings. The lowest BCUT2D eigenvalue weighted by Crippen LogP contribution is -2.42. The number of halogens is 1. The Morgan fingerprint density at radius 1 is 1.14 bits per heavy atom. The van der Waals surface area contributed by atoms with Crippen LogP contribution in [0.3, 0.4) is 0 Å². The van der Waals surface area contributed by atoms with Crippen LogP contribution in [0.1, 0.15) is 27.7 Å². The molecule has 0 amide bonds. The number of anilines is 1. The van der Waals surface area contributed by atoms with Crippen molar-refractivity contribution in [2.24, 2.45) is 22.6 Å². The van der Waals surface area contributed by atoms with Crippen molar-refractivity contribution in [3.8, 4) is 0 Å². The van der Waals surface area contributed by atoms with Crippen molar-refractivity contribution < 1.29 is 0 Å². The van der Waals surface area contributed by atoms with Crippen LogP contribution >= 0.6 is 24.0 Å². The molecule has 1 atom stereocenters. The van der Waals surface area contributed by atoms with E-state index in [0.717, 1.165) is 18.8 Å². The molecule has 21 heavy (non-hydrogen) atoms. The fourth-order valence-electron chi connectivity index (χ4n) is 1.75. The van der Waals surface area contributed by atoms with Gasteiger partial charge in [-0.3, -0.25) is 4.99 Å². The summed E-state index contributed by atoms with van der Waals surface area (Å²) >= 11 is 0. The molecule has 0 aromatic heterocycles. The molecule has 4 N–H and O–H groups in total. The van der Waals surface area contributed by atoms with Crippen molar-refractivity contribution in [2.45, 2.75) is 33.7 Å². The van der Waals surface area contributed by atoms with Gasteiger partial charge in [-0.05, 0) is 24.0 Å². The Labute approximate surface area is 146 Å². The van der Waals surface area contributed by atoms with Gasteiger partial charge in [0.2, 0.25) is 0 Å². The van der Waals surface area contributed by atoms with E-state index in [0.29, 0.717) is 23.8 Å². The quantitative estimate of drug-likeness (QED) is 0.371. The summed E-state index contributed by atoms with van der Waals surface area (Å²) in [6.07, 6.45) is 0. The first kappa shape index (κ1) is 20.0. The molecule has 4 nitrogen and oxygen atoms in total. The van der Waals surface area contributed by atoms with Gasteiger partial charge in [0.1, 0.15) is 0 Å². The zero-order chi connectivity index (χ0) is 15.0. The molecule has 0 fully saturated rings. The molecule has 0 saturated heterocycles. The first-order valence-electron chi connectivity index (χ1n) is 7.34. The number of aliphatic imine (C=N–C) groups is 1. The van der Waals surface area contributed by atoms with Crippen LogP contribution in [-0.2, 0) is 0 Å². The van der Waals surface area contributed by atoms with Crippen LogP contribution in [0.2, 0.25) is 0 Å². The molecule has 5 heteroatoms. The van der Waals surface area contributed by atoms with Gasteiger partial charge in [0, 0.05) is 24.8 Å². The van der Waals surface area contributed by atoms with Crippen LogP contribution in [0.25, 0.3) is 0 Å². The topological polar surface area (TPSA) is 62.4 Å². The number of hydrogen-bond donors (Lipinski definition) is 3. The molecule has 0 aliphatic heterocycles. The summed E-state index contributed by atoms with van der Waals surface area (Å²) in [5.74, 6) is 1.55. The Bertz CT molecular complexity index is 404. The van der Waals surface area contributed by atoms with Gasteiger partial charge in [-0.15, -0.1) is 24.0 Å². The van der Waals surface area contributed by atoms with Crippen LogP contribution in [-0.4, -0.2) is 25.1 Å². The van der Waals surface area contributed by atoms with Crippen molar-refractivity contribution in [1.29, 1.82) is 0 Å². The van der Waals surface area contributed by atoms with Crippen molar-refractivity contribution in [3.05, 3.63) is 30.3 Å². The van der Waals surface area contributed by atoms with Crippen LogP contribution in [0.4, 0.5) is 5.69 Å². The summed E-state index contributed by atoms with van der Waals surface area (Å²) in [6, 6.07) is 10.5. The maximum atomic E-state index is 5.87. The summed E-state index contributed by atoms with van der Waals surface area (Å²) in [6.45, 7) is 10.2. The molecule has 1 unspecified atom stereocenters. The zero-order valence-corrected chi connectivity index (χ0v) is 15.8. The molecule has 0 spiro atoms. The third kappa shape index (κ3) is 8.80. The van der Waals surface area contributed by atoms with E-state index in [9.17, 15) is 0 Å². The number of guanidine groups is 1. The van der Waals surface area contributed by atoms with Gasteiger partial charge in [-0.1, -0.05) is 45.9 Å². The highest BCUT2D eigenvalue weighted by atomic mass is 127. The van der Waals surface area contributed by atoms with E-state index in [-0.39, 0.29) is 24.0 Å². The molecule has 0 saturated carbocycles. The van der Waals surface area contributed by atoms with Gasteiger partial charge in [0.05, 0.1) is 0 Å². The molecule has 1 aromatic carbocycles. The predicted molar refractivity (Wildman–Crippen MR) is 103 cm³/mol. The van der Waals surface area contributed by atoms with Crippen LogP contribution in [0, 0.1) is 11.8 Å². The second-order valence-electron chi connectivity index (χ2n) is 5.86. The standard InChI is InChI=1S/C16H28N4.HI/c1-12(2)10-18-16(17)19-11-15(13(3)4)20-14-8-6-5-7-9-14;/h5-9,12-13,15,20H,10-11H2,1-4H3,(H3,17,18,19);1H. The van der Waals surface area contributed by atoms with E-state index < -0.39 is 0 Å². The first-order chi connectivity index (χ1) is 9.49. The second-order valence-corrected chi connectivity index (χ2v) is 5.86. The number of nitrogens with one attached hydrogen (secondary N) is 2. The highest BCUT2D eigenvalue weighted by Crippen LogP contribution is 2.11. The van der Waals surface area contributed by atoms with Gasteiger partial charge in [-0.2, -0.15) is 0 Å². The minimum atomic E-state index is 0. The van der Waals surface area contributed by atoms with E-state index in [1.807, 2.05) is 18.2 Å². The zero-order valence-electron chi connectivity index (χ0n) is 13.5. The predicted octanol–water partition coefficient (Wildman–Crippen LogP) is 3.30. The highest BCUT2D eigenvalue weighted by Gasteiger charge is 2.13. The SMILES string of the molecule is CC(C)CN=C(N)NCC(Nc1ccccc1)C(C)C.I. The Morgan fingerprint density at radius 2 is 1.76 bits per heavy atom. The fraction of sp³-hybridized carbons (Fsp3) is 0.562. The minimum Gasteiger partial charge on any atom is -0.380 e. The highest BCUT2D eigenvalue weighted by molar-refractivity contribution is 14.0. The third-order valence-corrected chi connectivity index (χ3v) is 3.06. The van der Waals surface area contributed by atoms with Gasteiger partial charge in [-0.25, -0.2) is 0 Å². The first-order valence-corrected chi connectivity index (χ1v) is 7.34. The molecular formula is C16H29IN4. The lowest BCUT2D eigenvalue weighted by Gasteiger charge is -2.24. The third-order valence-electron chi connectivity index (χ3n) is 3.06. The summed E-state index contributed by atoms with van der Waals surface area (Å²) < 4.78 is 0. The minimum absolute atomic E-state index is 0. The smallest absolute Gasteiger partial charge is 0.188 e.